The average Bonchev–Trinajstić information content (AvgIpc) is 3.22. The lowest BCUT2D eigenvalue weighted by Crippen LogP contribution is -2.61. The van der Waals surface area contributed by atoms with Gasteiger partial charge in [0.15, 0.2) is 6.29 Å². The van der Waals surface area contributed by atoms with Crippen molar-refractivity contribution in [2.45, 2.75) is 256 Å². The van der Waals surface area contributed by atoms with Gasteiger partial charge in [-0.2, -0.15) is 8.42 Å². The maximum atomic E-state index is 13.0. The number of aliphatic hydroxyl groups is 4. The Kier molecular flexibility index (Phi) is 35.9. The molecule has 6 N–H and O–H groups in total. The van der Waals surface area contributed by atoms with Crippen molar-refractivity contribution in [3.05, 3.63) is 24.3 Å². The van der Waals surface area contributed by atoms with Gasteiger partial charge in [-0.05, 0) is 44.9 Å². The molecule has 0 radical (unpaired) electrons. The van der Waals surface area contributed by atoms with Gasteiger partial charge < -0.3 is 35.2 Å². The zero-order valence-corrected chi connectivity index (χ0v) is 38.6. The number of rotatable bonds is 41. The van der Waals surface area contributed by atoms with E-state index in [1.165, 1.54) is 122 Å². The fourth-order valence-corrected chi connectivity index (χ4v) is 8.23. The van der Waals surface area contributed by atoms with Crippen LogP contribution in [0, 0.1) is 0 Å². The van der Waals surface area contributed by atoms with Gasteiger partial charge in [0, 0.05) is 6.42 Å². The van der Waals surface area contributed by atoms with E-state index >= 15 is 0 Å². The largest absolute Gasteiger partial charge is 0.397 e. The van der Waals surface area contributed by atoms with Crippen molar-refractivity contribution in [2.75, 3.05) is 13.2 Å². The summed E-state index contributed by atoms with van der Waals surface area (Å²) in [5.41, 5.74) is 0. The number of aliphatic hydroxyl groups excluding tert-OH is 4. The summed E-state index contributed by atoms with van der Waals surface area (Å²) < 4.78 is 47.6. The van der Waals surface area contributed by atoms with Gasteiger partial charge in [0.2, 0.25) is 5.91 Å². The zero-order chi connectivity index (χ0) is 44.1. The van der Waals surface area contributed by atoms with Crippen LogP contribution in [0.15, 0.2) is 24.3 Å². The number of carbonyl (C=O) groups is 1. The third-order valence-corrected chi connectivity index (χ3v) is 12.0. The Morgan fingerprint density at radius 2 is 1.12 bits per heavy atom. The van der Waals surface area contributed by atoms with Gasteiger partial charge in [0.25, 0.3) is 0 Å². The molecule has 7 atom stereocenters. The first kappa shape index (κ1) is 56.6. The Bertz CT molecular complexity index is 1170. The predicted octanol–water partition coefficient (Wildman–Crippen LogP) is 9.72. The van der Waals surface area contributed by atoms with Gasteiger partial charge in [-0.15, -0.1) is 0 Å². The number of nitrogens with one attached hydrogen (secondary N) is 1. The molecule has 1 aliphatic heterocycles. The second-order valence-electron chi connectivity index (χ2n) is 17.0. The number of amides is 1. The van der Waals surface area contributed by atoms with Crippen molar-refractivity contribution in [2.24, 2.45) is 0 Å². The molecule has 7 unspecified atom stereocenters. The molecule has 0 aliphatic carbocycles. The fraction of sp³-hybridized carbons (Fsp3) is 0.894. The summed E-state index contributed by atoms with van der Waals surface area (Å²) in [7, 11) is -5.07. The first-order chi connectivity index (χ1) is 29.0. The van der Waals surface area contributed by atoms with E-state index in [1.807, 2.05) is 0 Å². The molecule has 1 rings (SSSR count). The van der Waals surface area contributed by atoms with Gasteiger partial charge in [-0.25, -0.2) is 4.18 Å². The summed E-state index contributed by atoms with van der Waals surface area (Å²) in [5, 5.41) is 44.8. The number of ether oxygens (including phenoxy) is 2. The first-order valence-electron chi connectivity index (χ1n) is 24.2. The molecule has 1 saturated heterocycles. The predicted molar refractivity (Wildman–Crippen MR) is 241 cm³/mol. The van der Waals surface area contributed by atoms with E-state index in [9.17, 15) is 38.2 Å². The minimum atomic E-state index is -5.07. The highest BCUT2D eigenvalue weighted by molar-refractivity contribution is 7.80. The van der Waals surface area contributed by atoms with Crippen molar-refractivity contribution in [1.82, 2.24) is 5.32 Å². The molecule has 60 heavy (non-hydrogen) atoms. The summed E-state index contributed by atoms with van der Waals surface area (Å²) in [6, 6.07) is -0.859. The van der Waals surface area contributed by atoms with Crippen LogP contribution in [0.25, 0.3) is 0 Å². The SMILES string of the molecule is CCCCCCCCCCC/C=C\C/C=C\CCCCCCCCCC(=O)NC(COC1OC(CO)C(O)C(OS(=O)(=O)O)C1O)C(O)CCCCCCCCCCCC. The number of allylic oxidation sites excluding steroid dienone is 4. The van der Waals surface area contributed by atoms with Crippen LogP contribution in [0.3, 0.4) is 0 Å². The summed E-state index contributed by atoms with van der Waals surface area (Å²) in [6.07, 6.45) is 34.8. The molecule has 354 valence electrons. The van der Waals surface area contributed by atoms with Gasteiger partial charge in [0.05, 0.1) is 25.4 Å². The Morgan fingerprint density at radius 1 is 0.667 bits per heavy atom. The van der Waals surface area contributed by atoms with E-state index in [4.69, 9.17) is 9.47 Å². The van der Waals surface area contributed by atoms with Gasteiger partial charge >= 0.3 is 10.4 Å². The highest BCUT2D eigenvalue weighted by Crippen LogP contribution is 2.26. The van der Waals surface area contributed by atoms with E-state index in [0.717, 1.165) is 57.8 Å². The fourth-order valence-electron chi connectivity index (χ4n) is 7.72. The van der Waals surface area contributed by atoms with Crippen LogP contribution in [0.5, 0.6) is 0 Å². The molecule has 0 aromatic rings. The number of carbonyl (C=O) groups excluding carboxylic acids is 1. The molecule has 0 aromatic carbocycles. The molecule has 0 aromatic heterocycles. The number of unbranched alkanes of at least 4 members (excludes halogenated alkanes) is 25. The third kappa shape index (κ3) is 30.6. The normalized spacial score (nSPS) is 20.9. The van der Waals surface area contributed by atoms with Gasteiger partial charge in [-0.1, -0.05) is 186 Å². The standard InChI is InChI=1S/C47H89NO11S/c1-3-5-7-9-11-13-15-16-17-18-19-20-21-22-23-24-25-26-27-29-31-33-35-37-43(51)48-40(41(50)36-34-32-30-28-14-12-10-8-6-4-2)39-57-47-45(53)46(59-60(54,55)56)44(52)42(38-49)58-47/h19-20,22-23,40-42,44-47,49-50,52-53H,3-18,21,24-39H2,1-2H3,(H,48,51)(H,54,55,56)/b20-19-,23-22-. The van der Waals surface area contributed by atoms with Crippen LogP contribution in [0.1, 0.15) is 213 Å². The molecule has 0 bridgehead atoms. The monoisotopic (exact) mass is 876 g/mol. The Labute approximate surface area is 365 Å². The molecule has 0 spiro atoms. The van der Waals surface area contributed by atoms with Crippen molar-refractivity contribution in [3.8, 4) is 0 Å². The minimum absolute atomic E-state index is 0.239. The van der Waals surface area contributed by atoms with Crippen LogP contribution in [0.2, 0.25) is 0 Å². The summed E-state index contributed by atoms with van der Waals surface area (Å²) in [5.74, 6) is -0.239. The topological polar surface area (TPSA) is 192 Å². The van der Waals surface area contributed by atoms with E-state index < -0.39 is 59.9 Å². The third-order valence-electron chi connectivity index (χ3n) is 11.5. The van der Waals surface area contributed by atoms with E-state index in [-0.39, 0.29) is 18.9 Å². The summed E-state index contributed by atoms with van der Waals surface area (Å²) in [6.45, 7) is 3.42. The van der Waals surface area contributed by atoms with Crippen LogP contribution >= 0.6 is 0 Å². The van der Waals surface area contributed by atoms with Crippen LogP contribution in [-0.2, 0) is 28.9 Å². The lowest BCUT2D eigenvalue weighted by atomic mass is 9.99. The molecular formula is C47H89NO11S. The molecule has 12 nitrogen and oxygen atoms in total. The quantitative estimate of drug-likeness (QED) is 0.0195. The van der Waals surface area contributed by atoms with E-state index in [2.05, 4.69) is 47.7 Å². The number of hydrogen-bond donors (Lipinski definition) is 6. The molecule has 1 fully saturated rings. The highest BCUT2D eigenvalue weighted by Gasteiger charge is 2.48. The second kappa shape index (κ2) is 38.1. The zero-order valence-electron chi connectivity index (χ0n) is 37.8. The van der Waals surface area contributed by atoms with Crippen molar-refractivity contribution in [3.63, 3.8) is 0 Å². The molecule has 1 heterocycles. The lowest BCUT2D eigenvalue weighted by Gasteiger charge is -2.41. The summed E-state index contributed by atoms with van der Waals surface area (Å²) in [4.78, 5) is 13.0. The molecule has 13 heteroatoms. The lowest BCUT2D eigenvalue weighted by molar-refractivity contribution is -0.298. The Morgan fingerprint density at radius 3 is 1.58 bits per heavy atom. The molecule has 1 aliphatic rings. The Balaban J connectivity index is 2.39. The average molecular weight is 876 g/mol. The van der Waals surface area contributed by atoms with Crippen molar-refractivity contribution < 1.29 is 51.8 Å². The van der Waals surface area contributed by atoms with Gasteiger partial charge in [-0.3, -0.25) is 9.35 Å². The highest BCUT2D eigenvalue weighted by atomic mass is 32.3. The Hall–Kier alpha value is -1.42. The van der Waals surface area contributed by atoms with E-state index in [1.54, 1.807) is 0 Å². The molecular weight excluding hydrogens is 787 g/mol. The van der Waals surface area contributed by atoms with Gasteiger partial charge in [0.1, 0.15) is 24.4 Å². The maximum absolute atomic E-state index is 13.0. The minimum Gasteiger partial charge on any atom is -0.394 e. The second-order valence-corrected chi connectivity index (χ2v) is 18.1. The number of hydrogen-bond acceptors (Lipinski definition) is 10. The maximum Gasteiger partial charge on any atom is 0.397 e. The van der Waals surface area contributed by atoms with Crippen molar-refractivity contribution in [1.29, 1.82) is 0 Å². The van der Waals surface area contributed by atoms with E-state index in [0.29, 0.717) is 12.8 Å². The smallest absolute Gasteiger partial charge is 0.394 e. The van der Waals surface area contributed by atoms with Crippen LogP contribution < -0.4 is 5.32 Å². The molecule has 1 amide bonds. The summed E-state index contributed by atoms with van der Waals surface area (Å²) >= 11 is 0. The van der Waals surface area contributed by atoms with Crippen LogP contribution in [0.4, 0.5) is 0 Å². The molecule has 0 saturated carbocycles. The van der Waals surface area contributed by atoms with Crippen molar-refractivity contribution >= 4 is 16.3 Å². The first-order valence-corrected chi connectivity index (χ1v) is 25.6. The van der Waals surface area contributed by atoms with Crippen LogP contribution in [-0.4, -0.2) is 95.4 Å².